The van der Waals surface area contributed by atoms with Gasteiger partial charge in [-0.15, -0.1) is 0 Å². The van der Waals surface area contributed by atoms with Crippen LogP contribution in [0.1, 0.15) is 26.7 Å². The lowest BCUT2D eigenvalue weighted by Gasteiger charge is -2.36. The molecule has 0 saturated carbocycles. The van der Waals surface area contributed by atoms with Gasteiger partial charge in [-0.25, -0.2) is 0 Å². The van der Waals surface area contributed by atoms with Gasteiger partial charge >= 0.3 is 0 Å². The van der Waals surface area contributed by atoms with Crippen LogP contribution in [0.15, 0.2) is 0 Å². The van der Waals surface area contributed by atoms with Crippen molar-refractivity contribution in [1.29, 1.82) is 0 Å². The zero-order valence-electron chi connectivity index (χ0n) is 8.84. The van der Waals surface area contributed by atoms with Gasteiger partial charge in [-0.3, -0.25) is 4.79 Å². The molecule has 0 radical (unpaired) electrons. The molecule has 1 saturated heterocycles. The summed E-state index contributed by atoms with van der Waals surface area (Å²) >= 11 is 0. The molecule has 3 heteroatoms. The molecule has 1 aliphatic rings. The molecule has 1 amide bonds. The van der Waals surface area contributed by atoms with Gasteiger partial charge in [0.1, 0.15) is 0 Å². The molecule has 1 rings (SSSR count). The first kappa shape index (κ1) is 10.5. The maximum Gasteiger partial charge on any atom is 0.236 e. The Hall–Kier alpha value is -0.570. The third kappa shape index (κ3) is 2.69. The number of amides is 1. The van der Waals surface area contributed by atoms with Crippen molar-refractivity contribution in [2.24, 2.45) is 5.92 Å². The Morgan fingerprint density at radius 2 is 2.15 bits per heavy atom. The van der Waals surface area contributed by atoms with Gasteiger partial charge in [0.05, 0.1) is 6.54 Å². The molecule has 0 aliphatic carbocycles. The summed E-state index contributed by atoms with van der Waals surface area (Å²) in [5, 5.41) is 2.91. The van der Waals surface area contributed by atoms with E-state index in [1.54, 1.807) is 0 Å². The van der Waals surface area contributed by atoms with Crippen LogP contribution in [0.5, 0.6) is 0 Å². The summed E-state index contributed by atoms with van der Waals surface area (Å²) in [6, 6.07) is 0.428. The summed E-state index contributed by atoms with van der Waals surface area (Å²) in [7, 11) is 1.82. The Balaban J connectivity index is 2.50. The summed E-state index contributed by atoms with van der Waals surface area (Å²) in [5.74, 6) is 0.901. The summed E-state index contributed by atoms with van der Waals surface area (Å²) in [5.41, 5.74) is 0. The van der Waals surface area contributed by atoms with Crippen LogP contribution in [0.3, 0.4) is 0 Å². The number of piperidine rings is 1. The second-order valence-corrected chi connectivity index (χ2v) is 4.11. The molecule has 3 nitrogen and oxygen atoms in total. The minimum Gasteiger partial charge on any atom is -0.339 e. The first-order valence-corrected chi connectivity index (χ1v) is 5.09. The number of likely N-dealkylation sites (N-methyl/N-ethyl adjacent to an activating group) is 1. The van der Waals surface area contributed by atoms with Crippen molar-refractivity contribution in [1.82, 2.24) is 10.2 Å². The van der Waals surface area contributed by atoms with E-state index in [4.69, 9.17) is 0 Å². The SMILES string of the molecule is CNCC(=O)N1CC(C)CCC1C. The number of carbonyl (C=O) groups is 1. The van der Waals surface area contributed by atoms with Gasteiger partial charge < -0.3 is 10.2 Å². The minimum absolute atomic E-state index is 0.238. The van der Waals surface area contributed by atoms with Crippen molar-refractivity contribution < 1.29 is 4.79 Å². The fourth-order valence-electron chi connectivity index (χ4n) is 1.89. The molecule has 1 fully saturated rings. The highest BCUT2D eigenvalue weighted by Crippen LogP contribution is 2.20. The lowest BCUT2D eigenvalue weighted by atomic mass is 9.95. The lowest BCUT2D eigenvalue weighted by Crippen LogP contribution is -2.47. The van der Waals surface area contributed by atoms with E-state index in [-0.39, 0.29) is 5.91 Å². The van der Waals surface area contributed by atoms with Crippen molar-refractivity contribution in [3.63, 3.8) is 0 Å². The normalized spacial score (nSPS) is 29.0. The third-order valence-corrected chi connectivity index (χ3v) is 2.77. The van der Waals surface area contributed by atoms with E-state index in [0.717, 1.165) is 13.0 Å². The van der Waals surface area contributed by atoms with E-state index < -0.39 is 0 Å². The van der Waals surface area contributed by atoms with E-state index in [2.05, 4.69) is 19.2 Å². The third-order valence-electron chi connectivity index (χ3n) is 2.77. The summed E-state index contributed by atoms with van der Waals surface area (Å²) < 4.78 is 0. The number of hydrogen-bond acceptors (Lipinski definition) is 2. The predicted molar refractivity (Wildman–Crippen MR) is 53.5 cm³/mol. The highest BCUT2D eigenvalue weighted by molar-refractivity contribution is 5.78. The molecule has 0 aromatic rings. The standard InChI is InChI=1S/C10H20N2O/c1-8-4-5-9(2)12(7-8)10(13)6-11-3/h8-9,11H,4-7H2,1-3H3. The average molecular weight is 184 g/mol. The molecule has 2 atom stereocenters. The number of nitrogens with zero attached hydrogens (tertiary/aromatic N) is 1. The first-order chi connectivity index (χ1) is 6.15. The smallest absolute Gasteiger partial charge is 0.236 e. The van der Waals surface area contributed by atoms with E-state index in [1.165, 1.54) is 6.42 Å². The van der Waals surface area contributed by atoms with Gasteiger partial charge in [0.25, 0.3) is 0 Å². The van der Waals surface area contributed by atoms with Crippen LogP contribution in [0, 0.1) is 5.92 Å². The molecule has 76 valence electrons. The van der Waals surface area contributed by atoms with E-state index in [1.807, 2.05) is 11.9 Å². The van der Waals surface area contributed by atoms with Crippen molar-refractivity contribution >= 4 is 5.91 Å². The topological polar surface area (TPSA) is 32.3 Å². The summed E-state index contributed by atoms with van der Waals surface area (Å²) in [6.45, 7) is 5.75. The van der Waals surface area contributed by atoms with Crippen LogP contribution in [0.2, 0.25) is 0 Å². The largest absolute Gasteiger partial charge is 0.339 e. The molecule has 1 N–H and O–H groups in total. The Bertz CT molecular complexity index is 182. The van der Waals surface area contributed by atoms with E-state index in [0.29, 0.717) is 18.5 Å². The molecular weight excluding hydrogens is 164 g/mol. The fraction of sp³-hybridized carbons (Fsp3) is 0.900. The van der Waals surface area contributed by atoms with Crippen LogP contribution in [0.25, 0.3) is 0 Å². The van der Waals surface area contributed by atoms with Gasteiger partial charge in [0, 0.05) is 12.6 Å². The second kappa shape index (κ2) is 4.61. The van der Waals surface area contributed by atoms with E-state index in [9.17, 15) is 4.79 Å². The molecular formula is C10H20N2O. The molecule has 1 heterocycles. The fourth-order valence-corrected chi connectivity index (χ4v) is 1.89. The Morgan fingerprint density at radius 1 is 1.46 bits per heavy atom. The molecule has 0 bridgehead atoms. The highest BCUT2D eigenvalue weighted by atomic mass is 16.2. The summed E-state index contributed by atoms with van der Waals surface area (Å²) in [6.07, 6.45) is 2.40. The van der Waals surface area contributed by atoms with Crippen LogP contribution in [-0.2, 0) is 4.79 Å². The Morgan fingerprint density at radius 3 is 2.77 bits per heavy atom. The number of carbonyl (C=O) groups excluding carboxylic acids is 1. The van der Waals surface area contributed by atoms with E-state index >= 15 is 0 Å². The van der Waals surface area contributed by atoms with Crippen LogP contribution in [-0.4, -0.2) is 37.0 Å². The number of likely N-dealkylation sites (tertiary alicyclic amines) is 1. The Kier molecular flexibility index (Phi) is 3.72. The van der Waals surface area contributed by atoms with Crippen molar-refractivity contribution in [3.8, 4) is 0 Å². The molecule has 0 aromatic carbocycles. The molecule has 1 aliphatic heterocycles. The number of nitrogens with one attached hydrogen (secondary N) is 1. The monoisotopic (exact) mass is 184 g/mol. The Labute approximate surface area is 80.5 Å². The van der Waals surface area contributed by atoms with Crippen LogP contribution >= 0.6 is 0 Å². The van der Waals surface area contributed by atoms with Crippen molar-refractivity contribution in [3.05, 3.63) is 0 Å². The van der Waals surface area contributed by atoms with Crippen molar-refractivity contribution in [2.45, 2.75) is 32.7 Å². The molecule has 0 aromatic heterocycles. The zero-order chi connectivity index (χ0) is 9.84. The van der Waals surface area contributed by atoms with Gasteiger partial charge in [0.15, 0.2) is 0 Å². The van der Waals surface area contributed by atoms with Crippen LogP contribution < -0.4 is 5.32 Å². The van der Waals surface area contributed by atoms with Gasteiger partial charge in [-0.1, -0.05) is 6.92 Å². The number of hydrogen-bond donors (Lipinski definition) is 1. The quantitative estimate of drug-likeness (QED) is 0.690. The molecule has 0 spiro atoms. The first-order valence-electron chi connectivity index (χ1n) is 5.09. The van der Waals surface area contributed by atoms with Gasteiger partial charge in [0.2, 0.25) is 5.91 Å². The second-order valence-electron chi connectivity index (χ2n) is 4.11. The van der Waals surface area contributed by atoms with Gasteiger partial charge in [-0.2, -0.15) is 0 Å². The molecule has 2 unspecified atom stereocenters. The predicted octanol–water partition coefficient (Wildman–Crippen LogP) is 0.853. The maximum atomic E-state index is 11.6. The number of rotatable bonds is 2. The lowest BCUT2D eigenvalue weighted by molar-refractivity contribution is -0.134. The minimum atomic E-state index is 0.238. The highest BCUT2D eigenvalue weighted by Gasteiger charge is 2.25. The average Bonchev–Trinajstić information content (AvgIpc) is 2.09. The van der Waals surface area contributed by atoms with Crippen molar-refractivity contribution in [2.75, 3.05) is 20.1 Å². The maximum absolute atomic E-state index is 11.6. The summed E-state index contributed by atoms with van der Waals surface area (Å²) in [4.78, 5) is 13.6. The zero-order valence-corrected chi connectivity index (χ0v) is 8.84. The molecule has 13 heavy (non-hydrogen) atoms. The van der Waals surface area contributed by atoms with Gasteiger partial charge in [-0.05, 0) is 32.7 Å². The van der Waals surface area contributed by atoms with Crippen LogP contribution in [0.4, 0.5) is 0 Å².